The summed E-state index contributed by atoms with van der Waals surface area (Å²) in [5, 5.41) is 2.59. The largest absolute Gasteiger partial charge is 0.464 e. The van der Waals surface area contributed by atoms with E-state index < -0.39 is 33.8 Å². The Morgan fingerprint density at radius 3 is 2.31 bits per heavy atom. The van der Waals surface area contributed by atoms with Crippen LogP contribution < -0.4 is 10.0 Å². The molecule has 1 atom stereocenters. The minimum Gasteiger partial charge on any atom is -0.464 e. The molecular formula is C17H15FN2O5S. The Balaban J connectivity index is 1.68. The topological polar surface area (TPSA) is 102 Å². The summed E-state index contributed by atoms with van der Waals surface area (Å²) in [7, 11) is -3.88. The van der Waals surface area contributed by atoms with Crippen molar-refractivity contribution < 1.29 is 27.1 Å². The lowest BCUT2D eigenvalue weighted by molar-refractivity contribution is -0.139. The SMILES string of the molecule is O=C(Nc1ccc(S(=O)(=O)NC2CCOC2=O)cc1)c1ccc(F)cc1. The highest BCUT2D eigenvalue weighted by molar-refractivity contribution is 7.89. The van der Waals surface area contributed by atoms with Gasteiger partial charge < -0.3 is 10.1 Å². The molecule has 2 aromatic carbocycles. The number of ether oxygens (including phenoxy) is 1. The number of hydrogen-bond acceptors (Lipinski definition) is 5. The number of nitrogens with one attached hydrogen (secondary N) is 2. The zero-order chi connectivity index (χ0) is 18.7. The molecular weight excluding hydrogens is 363 g/mol. The minimum atomic E-state index is -3.88. The van der Waals surface area contributed by atoms with Gasteiger partial charge in [-0.05, 0) is 48.5 Å². The maximum absolute atomic E-state index is 12.9. The molecule has 1 aliphatic heterocycles. The van der Waals surface area contributed by atoms with Gasteiger partial charge in [0, 0.05) is 17.7 Å². The van der Waals surface area contributed by atoms with Gasteiger partial charge in [0.1, 0.15) is 11.9 Å². The van der Waals surface area contributed by atoms with Gasteiger partial charge >= 0.3 is 5.97 Å². The van der Waals surface area contributed by atoms with Crippen molar-refractivity contribution in [1.29, 1.82) is 0 Å². The van der Waals surface area contributed by atoms with Crippen LogP contribution in [0, 0.1) is 5.82 Å². The average Bonchev–Trinajstić information content (AvgIpc) is 3.00. The molecule has 2 N–H and O–H groups in total. The monoisotopic (exact) mass is 378 g/mol. The first-order chi connectivity index (χ1) is 12.3. The summed E-state index contributed by atoms with van der Waals surface area (Å²) < 4.78 is 44.4. The third-order valence-electron chi connectivity index (χ3n) is 3.76. The second-order valence-electron chi connectivity index (χ2n) is 5.62. The van der Waals surface area contributed by atoms with Crippen molar-refractivity contribution in [2.45, 2.75) is 17.4 Å². The molecule has 2 aromatic rings. The van der Waals surface area contributed by atoms with Gasteiger partial charge in [-0.3, -0.25) is 9.59 Å². The van der Waals surface area contributed by atoms with E-state index in [9.17, 15) is 22.4 Å². The molecule has 1 aliphatic rings. The van der Waals surface area contributed by atoms with E-state index in [1.807, 2.05) is 0 Å². The summed E-state index contributed by atoms with van der Waals surface area (Å²) in [6.07, 6.45) is 0.282. The maximum atomic E-state index is 12.9. The molecule has 1 unspecified atom stereocenters. The van der Waals surface area contributed by atoms with Crippen molar-refractivity contribution in [2.24, 2.45) is 0 Å². The van der Waals surface area contributed by atoms with Gasteiger partial charge in [0.05, 0.1) is 11.5 Å². The molecule has 0 saturated carbocycles. The normalized spacial score (nSPS) is 17.0. The predicted molar refractivity (Wildman–Crippen MR) is 90.5 cm³/mol. The van der Waals surface area contributed by atoms with E-state index in [0.29, 0.717) is 5.69 Å². The quantitative estimate of drug-likeness (QED) is 0.771. The Bertz CT molecular complexity index is 927. The van der Waals surface area contributed by atoms with E-state index in [0.717, 1.165) is 0 Å². The lowest BCUT2D eigenvalue weighted by Gasteiger charge is -2.11. The third-order valence-corrected chi connectivity index (χ3v) is 5.25. The molecule has 1 fully saturated rings. The van der Waals surface area contributed by atoms with E-state index in [2.05, 4.69) is 10.0 Å². The smallest absolute Gasteiger partial charge is 0.324 e. The number of carbonyl (C=O) groups is 2. The van der Waals surface area contributed by atoms with Crippen LogP contribution in [0.4, 0.5) is 10.1 Å². The summed E-state index contributed by atoms with van der Waals surface area (Å²) in [6.45, 7) is 0.181. The average molecular weight is 378 g/mol. The molecule has 7 nitrogen and oxygen atoms in total. The fourth-order valence-electron chi connectivity index (χ4n) is 2.38. The molecule has 9 heteroatoms. The van der Waals surface area contributed by atoms with Crippen molar-refractivity contribution in [3.05, 3.63) is 59.9 Å². The zero-order valence-corrected chi connectivity index (χ0v) is 14.3. The number of hydrogen-bond donors (Lipinski definition) is 2. The lowest BCUT2D eigenvalue weighted by atomic mass is 10.2. The highest BCUT2D eigenvalue weighted by Gasteiger charge is 2.31. The van der Waals surface area contributed by atoms with Crippen molar-refractivity contribution in [3.63, 3.8) is 0 Å². The van der Waals surface area contributed by atoms with E-state index in [-0.39, 0.29) is 23.5 Å². The highest BCUT2D eigenvalue weighted by Crippen LogP contribution is 2.17. The Kier molecular flexibility index (Phi) is 5.01. The molecule has 0 aromatic heterocycles. The molecule has 26 heavy (non-hydrogen) atoms. The van der Waals surface area contributed by atoms with Crippen molar-refractivity contribution in [1.82, 2.24) is 4.72 Å². The molecule has 0 radical (unpaired) electrons. The molecule has 3 rings (SSSR count). The van der Waals surface area contributed by atoms with Crippen LogP contribution in [0.25, 0.3) is 0 Å². The summed E-state index contributed by atoms with van der Waals surface area (Å²) in [5.74, 6) is -1.50. The van der Waals surface area contributed by atoms with Gasteiger partial charge in [-0.25, -0.2) is 12.8 Å². The van der Waals surface area contributed by atoms with Crippen LogP contribution in [0.5, 0.6) is 0 Å². The second kappa shape index (κ2) is 7.22. The fraction of sp³-hybridized carbons (Fsp3) is 0.176. The van der Waals surface area contributed by atoms with Crippen LogP contribution in [0.1, 0.15) is 16.8 Å². The number of sulfonamides is 1. The number of amides is 1. The van der Waals surface area contributed by atoms with Crippen LogP contribution >= 0.6 is 0 Å². The number of halogens is 1. The maximum Gasteiger partial charge on any atom is 0.324 e. The summed E-state index contributed by atoms with van der Waals surface area (Å²) in [5.41, 5.74) is 0.642. The molecule has 1 amide bonds. The predicted octanol–water partition coefficient (Wildman–Crippen LogP) is 1.67. The molecule has 0 spiro atoms. The molecule has 0 bridgehead atoms. The van der Waals surface area contributed by atoms with E-state index in [1.54, 1.807) is 0 Å². The number of benzene rings is 2. The van der Waals surface area contributed by atoms with Crippen LogP contribution in [0.2, 0.25) is 0 Å². The molecule has 136 valence electrons. The first kappa shape index (κ1) is 18.0. The molecule has 0 aliphatic carbocycles. The van der Waals surface area contributed by atoms with Crippen LogP contribution in [0.3, 0.4) is 0 Å². The summed E-state index contributed by atoms with van der Waals surface area (Å²) >= 11 is 0. The first-order valence-corrected chi connectivity index (χ1v) is 9.19. The van der Waals surface area contributed by atoms with E-state index in [4.69, 9.17) is 4.74 Å². The standard InChI is InChI=1S/C17H15FN2O5S/c18-12-3-1-11(2-4-12)16(21)19-13-5-7-14(8-6-13)26(23,24)20-15-9-10-25-17(15)22/h1-8,15,20H,9-10H2,(H,19,21). The number of anilines is 1. The van der Waals surface area contributed by atoms with E-state index in [1.165, 1.54) is 48.5 Å². The van der Waals surface area contributed by atoms with Gasteiger partial charge in [0.2, 0.25) is 10.0 Å². The zero-order valence-electron chi connectivity index (χ0n) is 13.4. The van der Waals surface area contributed by atoms with Gasteiger partial charge in [-0.1, -0.05) is 0 Å². The van der Waals surface area contributed by atoms with Crippen LogP contribution in [-0.4, -0.2) is 32.9 Å². The summed E-state index contributed by atoms with van der Waals surface area (Å²) in [4.78, 5) is 23.4. The van der Waals surface area contributed by atoms with Gasteiger partial charge in [-0.2, -0.15) is 4.72 Å². The van der Waals surface area contributed by atoms with Gasteiger partial charge in [0.25, 0.3) is 5.91 Å². The molecule has 1 heterocycles. The van der Waals surface area contributed by atoms with Crippen LogP contribution in [0.15, 0.2) is 53.4 Å². The highest BCUT2D eigenvalue weighted by atomic mass is 32.2. The Morgan fingerprint density at radius 2 is 1.73 bits per heavy atom. The van der Waals surface area contributed by atoms with Crippen molar-refractivity contribution in [3.8, 4) is 0 Å². The number of esters is 1. The van der Waals surface area contributed by atoms with Gasteiger partial charge in [-0.15, -0.1) is 0 Å². The third kappa shape index (κ3) is 4.06. The second-order valence-corrected chi connectivity index (χ2v) is 7.33. The minimum absolute atomic E-state index is 0.0445. The number of carbonyl (C=O) groups excluding carboxylic acids is 2. The lowest BCUT2D eigenvalue weighted by Crippen LogP contribution is -2.37. The van der Waals surface area contributed by atoms with Crippen molar-refractivity contribution >= 4 is 27.6 Å². The number of cyclic esters (lactones) is 1. The van der Waals surface area contributed by atoms with Crippen molar-refractivity contribution in [2.75, 3.05) is 11.9 Å². The Morgan fingerprint density at radius 1 is 1.08 bits per heavy atom. The van der Waals surface area contributed by atoms with Crippen LogP contribution in [-0.2, 0) is 19.6 Å². The van der Waals surface area contributed by atoms with Gasteiger partial charge in [0.15, 0.2) is 0 Å². The van der Waals surface area contributed by atoms with E-state index >= 15 is 0 Å². The summed E-state index contributed by atoms with van der Waals surface area (Å²) in [6, 6.07) is 9.59. The fourth-order valence-corrected chi connectivity index (χ4v) is 3.60. The Labute approximate surface area is 149 Å². The first-order valence-electron chi connectivity index (χ1n) is 7.71. The Hall–Kier alpha value is -2.78. The molecule has 1 saturated heterocycles. The number of rotatable bonds is 5.